The van der Waals surface area contributed by atoms with Crippen LogP contribution in [0.4, 0.5) is 10.5 Å². The van der Waals surface area contributed by atoms with E-state index in [9.17, 15) is 4.79 Å². The number of hydrogen-bond acceptors (Lipinski definition) is 4. The maximum atomic E-state index is 12.3. The molecule has 0 unspecified atom stereocenters. The third kappa shape index (κ3) is 2.92. The van der Waals surface area contributed by atoms with E-state index < -0.39 is 5.54 Å². The van der Waals surface area contributed by atoms with Crippen LogP contribution >= 0.6 is 11.6 Å². The number of amides is 2. The van der Waals surface area contributed by atoms with Gasteiger partial charge < -0.3 is 15.2 Å². The van der Waals surface area contributed by atoms with E-state index in [2.05, 4.69) is 20.8 Å². The fourth-order valence-corrected chi connectivity index (χ4v) is 2.99. The minimum absolute atomic E-state index is 0.322. The normalized spacial score (nSPS) is 16.5. The van der Waals surface area contributed by atoms with Crippen molar-refractivity contribution in [2.45, 2.75) is 38.1 Å². The van der Waals surface area contributed by atoms with Gasteiger partial charge in [0, 0.05) is 6.92 Å². The monoisotopic (exact) mass is 320 g/mol. The number of halogens is 1. The minimum atomic E-state index is -0.566. The van der Waals surface area contributed by atoms with Gasteiger partial charge in [-0.25, -0.2) is 4.79 Å². The van der Waals surface area contributed by atoms with Crippen molar-refractivity contribution in [2.24, 2.45) is 0 Å². The van der Waals surface area contributed by atoms with Crippen molar-refractivity contribution in [3.63, 3.8) is 0 Å². The maximum Gasteiger partial charge on any atom is 0.320 e. The van der Waals surface area contributed by atoms with Crippen molar-refractivity contribution in [3.8, 4) is 0 Å². The van der Waals surface area contributed by atoms with Crippen LogP contribution in [0.1, 0.15) is 37.4 Å². The van der Waals surface area contributed by atoms with Crippen molar-refractivity contribution >= 4 is 23.3 Å². The van der Waals surface area contributed by atoms with E-state index >= 15 is 0 Å². The Morgan fingerprint density at radius 3 is 2.68 bits per heavy atom. The predicted molar refractivity (Wildman–Crippen MR) is 82.8 cm³/mol. The van der Waals surface area contributed by atoms with Gasteiger partial charge in [-0.3, -0.25) is 0 Å². The molecule has 2 amide bonds. The number of nitrogens with one attached hydrogen (secondary N) is 2. The van der Waals surface area contributed by atoms with Crippen LogP contribution in [0.3, 0.4) is 0 Å². The molecule has 1 aliphatic rings. The number of nitrogens with zero attached hydrogens (tertiary/aromatic N) is 2. The van der Waals surface area contributed by atoms with E-state index in [1.807, 2.05) is 12.1 Å². The maximum absolute atomic E-state index is 12.3. The molecule has 7 heteroatoms. The quantitative estimate of drug-likeness (QED) is 0.905. The summed E-state index contributed by atoms with van der Waals surface area (Å²) >= 11 is 6.06. The Hall–Kier alpha value is -2.08. The Morgan fingerprint density at radius 2 is 2.05 bits per heavy atom. The third-order valence-electron chi connectivity index (χ3n) is 3.89. The molecule has 1 heterocycles. The van der Waals surface area contributed by atoms with Crippen molar-refractivity contribution in [1.82, 2.24) is 15.5 Å². The van der Waals surface area contributed by atoms with Gasteiger partial charge in [-0.15, -0.1) is 0 Å². The van der Waals surface area contributed by atoms with Gasteiger partial charge in [0.1, 0.15) is 5.54 Å². The summed E-state index contributed by atoms with van der Waals surface area (Å²) < 4.78 is 5.07. The minimum Gasteiger partial charge on any atom is -0.340 e. The Bertz CT molecular complexity index is 680. The number of para-hydroxylation sites is 1. The van der Waals surface area contributed by atoms with Crippen LogP contribution in [-0.2, 0) is 5.54 Å². The highest BCUT2D eigenvalue weighted by atomic mass is 35.5. The molecule has 0 aliphatic heterocycles. The average Bonchev–Trinajstić information content (AvgIpc) is 3.11. The molecule has 0 radical (unpaired) electrons. The summed E-state index contributed by atoms with van der Waals surface area (Å²) in [7, 11) is 0. The van der Waals surface area contributed by atoms with E-state index in [-0.39, 0.29) is 6.03 Å². The van der Waals surface area contributed by atoms with E-state index in [0.29, 0.717) is 22.4 Å². The lowest BCUT2D eigenvalue weighted by Crippen LogP contribution is -2.46. The second kappa shape index (κ2) is 5.96. The zero-order valence-corrected chi connectivity index (χ0v) is 13.0. The average molecular weight is 321 g/mol. The highest BCUT2D eigenvalue weighted by Crippen LogP contribution is 2.37. The molecule has 6 nitrogen and oxygen atoms in total. The molecule has 1 saturated carbocycles. The molecule has 1 fully saturated rings. The summed E-state index contributed by atoms with van der Waals surface area (Å²) in [6, 6.07) is 6.78. The van der Waals surface area contributed by atoms with Crippen molar-refractivity contribution in [2.75, 3.05) is 5.32 Å². The molecular weight excluding hydrogens is 304 g/mol. The first-order chi connectivity index (χ1) is 10.6. The highest BCUT2D eigenvalue weighted by Gasteiger charge is 2.41. The fourth-order valence-electron chi connectivity index (χ4n) is 2.81. The molecule has 1 aliphatic carbocycles. The number of carbonyl (C=O) groups excluding carboxylic acids is 1. The number of carbonyl (C=O) groups is 1. The summed E-state index contributed by atoms with van der Waals surface area (Å²) in [6.07, 6.45) is 3.61. The van der Waals surface area contributed by atoms with E-state index in [1.54, 1.807) is 19.1 Å². The molecule has 22 heavy (non-hydrogen) atoms. The lowest BCUT2D eigenvalue weighted by molar-refractivity contribution is 0.232. The molecule has 2 aromatic rings. The van der Waals surface area contributed by atoms with Gasteiger partial charge in [0.05, 0.1) is 10.7 Å². The van der Waals surface area contributed by atoms with Crippen molar-refractivity contribution in [1.29, 1.82) is 0 Å². The topological polar surface area (TPSA) is 80.0 Å². The van der Waals surface area contributed by atoms with Crippen LogP contribution in [0.25, 0.3) is 0 Å². The van der Waals surface area contributed by atoms with Crippen LogP contribution in [-0.4, -0.2) is 16.2 Å². The Labute approximate surface area is 133 Å². The highest BCUT2D eigenvalue weighted by molar-refractivity contribution is 6.33. The fraction of sp³-hybridized carbons (Fsp3) is 0.400. The van der Waals surface area contributed by atoms with Gasteiger partial charge in [0.15, 0.2) is 5.82 Å². The summed E-state index contributed by atoms with van der Waals surface area (Å²) in [5, 5.41) is 10.3. The van der Waals surface area contributed by atoms with Crippen LogP contribution in [0.15, 0.2) is 28.8 Å². The van der Waals surface area contributed by atoms with Crippen LogP contribution in [0, 0.1) is 6.92 Å². The first-order valence-corrected chi connectivity index (χ1v) is 7.61. The number of anilines is 1. The van der Waals surface area contributed by atoms with Gasteiger partial charge >= 0.3 is 6.03 Å². The zero-order chi connectivity index (χ0) is 15.6. The smallest absolute Gasteiger partial charge is 0.320 e. The molecule has 0 atom stereocenters. The number of hydrogen-bond donors (Lipinski definition) is 2. The second-order valence-electron chi connectivity index (χ2n) is 5.49. The van der Waals surface area contributed by atoms with Crippen LogP contribution in [0.5, 0.6) is 0 Å². The van der Waals surface area contributed by atoms with E-state index in [1.165, 1.54) is 0 Å². The third-order valence-corrected chi connectivity index (χ3v) is 4.22. The van der Waals surface area contributed by atoms with Gasteiger partial charge in [0.2, 0.25) is 5.89 Å². The predicted octanol–water partition coefficient (Wildman–Crippen LogP) is 3.62. The molecule has 0 saturated heterocycles. The van der Waals surface area contributed by atoms with Crippen molar-refractivity contribution < 1.29 is 9.32 Å². The molecule has 1 aromatic carbocycles. The van der Waals surface area contributed by atoms with Crippen molar-refractivity contribution in [3.05, 3.63) is 41.0 Å². The van der Waals surface area contributed by atoms with Gasteiger partial charge in [-0.05, 0) is 25.0 Å². The number of rotatable bonds is 3. The lowest BCUT2D eigenvalue weighted by atomic mass is 9.97. The molecule has 3 rings (SSSR count). The Balaban J connectivity index is 1.77. The number of aryl methyl sites for hydroxylation is 1. The summed E-state index contributed by atoms with van der Waals surface area (Å²) in [5.74, 6) is 1.03. The van der Waals surface area contributed by atoms with Gasteiger partial charge in [-0.2, -0.15) is 4.98 Å². The first kappa shape index (κ1) is 14.8. The standard InChI is InChI=1S/C15H17ClN4O2/c1-10-17-13(20-22-10)15(8-4-5-9-15)19-14(21)18-12-7-3-2-6-11(12)16/h2-3,6-7H,4-5,8-9H2,1H3,(H2,18,19,21). The lowest BCUT2D eigenvalue weighted by Gasteiger charge is -2.26. The molecule has 0 bridgehead atoms. The molecule has 0 spiro atoms. The van der Waals surface area contributed by atoms with Gasteiger partial charge in [-0.1, -0.05) is 41.7 Å². The number of benzene rings is 1. The number of urea groups is 1. The van der Waals surface area contributed by atoms with E-state index in [0.717, 1.165) is 25.7 Å². The summed E-state index contributed by atoms with van der Waals surface area (Å²) in [6.45, 7) is 1.74. The van der Waals surface area contributed by atoms with Crippen LogP contribution in [0.2, 0.25) is 5.02 Å². The Kier molecular flexibility index (Phi) is 4.02. The Morgan fingerprint density at radius 1 is 1.32 bits per heavy atom. The van der Waals surface area contributed by atoms with Crippen LogP contribution < -0.4 is 10.6 Å². The SMILES string of the molecule is Cc1nc(C2(NC(=O)Nc3ccccc3Cl)CCCC2)no1. The second-order valence-corrected chi connectivity index (χ2v) is 5.89. The summed E-state index contributed by atoms with van der Waals surface area (Å²) in [5.41, 5.74) is 0.00225. The molecule has 1 aromatic heterocycles. The largest absolute Gasteiger partial charge is 0.340 e. The van der Waals surface area contributed by atoms with E-state index in [4.69, 9.17) is 16.1 Å². The van der Waals surface area contributed by atoms with Gasteiger partial charge in [0.25, 0.3) is 0 Å². The molecule has 116 valence electrons. The first-order valence-electron chi connectivity index (χ1n) is 7.24. The molecule has 2 N–H and O–H groups in total. The zero-order valence-electron chi connectivity index (χ0n) is 12.2. The molecular formula is C15H17ClN4O2. The number of aromatic nitrogens is 2. The summed E-state index contributed by atoms with van der Waals surface area (Å²) in [4.78, 5) is 16.6.